The number of hydrogen-bond donors (Lipinski definition) is 0. The van der Waals surface area contributed by atoms with Crippen molar-refractivity contribution in [3.05, 3.63) is 140 Å². The summed E-state index contributed by atoms with van der Waals surface area (Å²) in [4.78, 5) is 19.3. The van der Waals surface area contributed by atoms with Crippen molar-refractivity contribution in [3.8, 4) is 44.9 Å². The molecule has 5 nitrogen and oxygen atoms in total. The van der Waals surface area contributed by atoms with E-state index in [0.717, 1.165) is 72.5 Å². The van der Waals surface area contributed by atoms with Crippen LogP contribution in [0.25, 0.3) is 72.5 Å². The van der Waals surface area contributed by atoms with E-state index in [1.807, 2.05) is 66.9 Å². The smallest absolute Gasteiger partial charge is 0.137 e. The number of pyridine rings is 4. The van der Waals surface area contributed by atoms with E-state index < -0.39 is 0 Å². The molecule has 8 aromatic rings. The van der Waals surface area contributed by atoms with E-state index in [4.69, 9.17) is 15.0 Å². The van der Waals surface area contributed by atoms with E-state index in [1.165, 1.54) is 0 Å². The molecule has 0 bridgehead atoms. The van der Waals surface area contributed by atoms with E-state index in [9.17, 15) is 0 Å². The van der Waals surface area contributed by atoms with Gasteiger partial charge in [0.2, 0.25) is 0 Å². The van der Waals surface area contributed by atoms with Crippen molar-refractivity contribution in [3.63, 3.8) is 0 Å². The lowest BCUT2D eigenvalue weighted by atomic mass is 9.99. The van der Waals surface area contributed by atoms with E-state index in [1.54, 1.807) is 6.20 Å². The van der Waals surface area contributed by atoms with Crippen molar-refractivity contribution in [2.75, 3.05) is 0 Å². The molecule has 5 heteroatoms. The van der Waals surface area contributed by atoms with Crippen LogP contribution in [0.4, 0.5) is 0 Å². The second-order valence-corrected chi connectivity index (χ2v) is 10.0. The van der Waals surface area contributed by atoms with Gasteiger partial charge in [-0.05, 0) is 59.7 Å². The maximum Gasteiger partial charge on any atom is 0.137 e. The van der Waals surface area contributed by atoms with Crippen LogP contribution in [-0.2, 0) is 0 Å². The summed E-state index contributed by atoms with van der Waals surface area (Å²) in [6.07, 6.45) is 5.68. The zero-order valence-corrected chi connectivity index (χ0v) is 22.0. The summed E-state index contributed by atoms with van der Waals surface area (Å²) in [5, 5.41) is 1.06. The molecule has 0 amide bonds. The summed E-state index contributed by atoms with van der Waals surface area (Å²) in [5.41, 5.74) is 12.0. The molecule has 192 valence electrons. The minimum absolute atomic E-state index is 0.911. The topological polar surface area (TPSA) is 56.0 Å². The van der Waals surface area contributed by atoms with Gasteiger partial charge in [0.15, 0.2) is 0 Å². The van der Waals surface area contributed by atoms with Crippen LogP contribution in [-0.4, -0.2) is 24.3 Å². The Labute approximate surface area is 236 Å². The van der Waals surface area contributed by atoms with Crippen LogP contribution in [0.1, 0.15) is 0 Å². The summed E-state index contributed by atoms with van der Waals surface area (Å²) in [6, 6.07) is 41.6. The van der Waals surface area contributed by atoms with Gasteiger partial charge in [-0.3, -0.25) is 9.38 Å². The zero-order chi connectivity index (χ0) is 27.2. The normalized spacial score (nSPS) is 11.4. The van der Waals surface area contributed by atoms with Crippen LogP contribution >= 0.6 is 0 Å². The molecule has 0 aliphatic carbocycles. The zero-order valence-electron chi connectivity index (χ0n) is 22.0. The van der Waals surface area contributed by atoms with Gasteiger partial charge in [0.25, 0.3) is 0 Å². The fourth-order valence-corrected chi connectivity index (χ4v) is 5.51. The molecule has 0 N–H and O–H groups in total. The number of fused-ring (bicyclic) bond motifs is 5. The highest BCUT2D eigenvalue weighted by Gasteiger charge is 2.16. The predicted molar refractivity (Wildman–Crippen MR) is 165 cm³/mol. The van der Waals surface area contributed by atoms with Crippen LogP contribution in [0.3, 0.4) is 0 Å². The number of para-hydroxylation sites is 1. The van der Waals surface area contributed by atoms with Gasteiger partial charge in [-0.1, -0.05) is 72.8 Å². The fraction of sp³-hybridized carbons (Fsp3) is 0. The lowest BCUT2D eigenvalue weighted by Crippen LogP contribution is -1.92. The Morgan fingerprint density at radius 2 is 1.27 bits per heavy atom. The molecule has 0 unspecified atom stereocenters. The molecule has 3 aromatic carbocycles. The molecule has 0 saturated heterocycles. The molecule has 41 heavy (non-hydrogen) atoms. The molecule has 5 heterocycles. The summed E-state index contributed by atoms with van der Waals surface area (Å²) in [6.45, 7) is 0. The third-order valence-electron chi connectivity index (χ3n) is 7.50. The molecule has 0 atom stereocenters. The SMILES string of the molecule is c1cncc(-c2cccc(-c3ccc(-c4cccc(-c5nc6ccccc6c6nc7ccccn7c56)c4)cc3)n2)c1. The van der Waals surface area contributed by atoms with Crippen molar-refractivity contribution in [2.24, 2.45) is 0 Å². The molecule has 0 aliphatic heterocycles. The molecule has 0 aliphatic rings. The second kappa shape index (κ2) is 9.50. The number of imidazole rings is 1. The number of hydrogen-bond acceptors (Lipinski definition) is 4. The number of nitrogens with zero attached hydrogens (tertiary/aromatic N) is 5. The Bertz CT molecular complexity index is 2200. The molecule has 5 aromatic heterocycles. The van der Waals surface area contributed by atoms with Crippen LogP contribution in [0, 0.1) is 0 Å². The first kappa shape index (κ1) is 23.2. The van der Waals surface area contributed by atoms with Crippen LogP contribution in [0.15, 0.2) is 140 Å². The van der Waals surface area contributed by atoms with Gasteiger partial charge in [0.1, 0.15) is 11.2 Å². The van der Waals surface area contributed by atoms with Gasteiger partial charge >= 0.3 is 0 Å². The quantitative estimate of drug-likeness (QED) is 0.231. The maximum atomic E-state index is 5.14. The van der Waals surface area contributed by atoms with E-state index >= 15 is 0 Å². The van der Waals surface area contributed by atoms with Crippen LogP contribution in [0.2, 0.25) is 0 Å². The van der Waals surface area contributed by atoms with E-state index in [-0.39, 0.29) is 0 Å². The number of rotatable bonds is 4. The van der Waals surface area contributed by atoms with Crippen molar-refractivity contribution >= 4 is 27.6 Å². The van der Waals surface area contributed by atoms with Crippen molar-refractivity contribution in [2.45, 2.75) is 0 Å². The van der Waals surface area contributed by atoms with Gasteiger partial charge in [0, 0.05) is 40.7 Å². The average molecular weight is 526 g/mol. The maximum absolute atomic E-state index is 5.14. The van der Waals surface area contributed by atoms with Crippen LogP contribution in [0.5, 0.6) is 0 Å². The van der Waals surface area contributed by atoms with Crippen LogP contribution < -0.4 is 0 Å². The average Bonchev–Trinajstić information content (AvgIpc) is 3.45. The summed E-state index contributed by atoms with van der Waals surface area (Å²) < 4.78 is 2.14. The second-order valence-electron chi connectivity index (χ2n) is 10.0. The van der Waals surface area contributed by atoms with Gasteiger partial charge in [-0.25, -0.2) is 15.0 Å². The minimum Gasteiger partial charge on any atom is -0.298 e. The first-order valence-electron chi connectivity index (χ1n) is 13.6. The summed E-state index contributed by atoms with van der Waals surface area (Å²) in [5.74, 6) is 0. The standard InChI is InChI=1S/C36H23N5/c1-2-12-32-29(11-1)35-36(41-21-4-3-15-33(41)40-35)34(39-32)27-9-5-8-26(22-27)24-16-18-25(19-17-24)30-13-6-14-31(38-30)28-10-7-20-37-23-28/h1-23H. The Morgan fingerprint density at radius 3 is 2.15 bits per heavy atom. The third-order valence-corrected chi connectivity index (χ3v) is 7.50. The van der Waals surface area contributed by atoms with E-state index in [0.29, 0.717) is 0 Å². The molecule has 0 saturated carbocycles. The number of aromatic nitrogens is 5. The Kier molecular flexibility index (Phi) is 5.38. The van der Waals surface area contributed by atoms with Crippen molar-refractivity contribution in [1.29, 1.82) is 0 Å². The minimum atomic E-state index is 0.911. The molecule has 0 spiro atoms. The van der Waals surface area contributed by atoms with Gasteiger partial charge in [-0.15, -0.1) is 0 Å². The van der Waals surface area contributed by atoms with Gasteiger partial charge in [0.05, 0.1) is 28.1 Å². The monoisotopic (exact) mass is 525 g/mol. The van der Waals surface area contributed by atoms with Crippen molar-refractivity contribution in [1.82, 2.24) is 24.3 Å². The third kappa shape index (κ3) is 4.03. The Morgan fingerprint density at radius 1 is 0.512 bits per heavy atom. The van der Waals surface area contributed by atoms with Gasteiger partial charge < -0.3 is 0 Å². The summed E-state index contributed by atoms with van der Waals surface area (Å²) >= 11 is 0. The molecule has 8 rings (SSSR count). The predicted octanol–water partition coefficient (Wildman–Crippen LogP) is 8.49. The molecular formula is C36H23N5. The molecule has 0 fully saturated rings. The Balaban J connectivity index is 1.21. The first-order valence-corrected chi connectivity index (χ1v) is 13.6. The Hall–Kier alpha value is -5.68. The highest BCUT2D eigenvalue weighted by Crippen LogP contribution is 2.35. The lowest BCUT2D eigenvalue weighted by Gasteiger charge is -2.10. The van der Waals surface area contributed by atoms with Gasteiger partial charge in [-0.2, -0.15) is 0 Å². The first-order chi connectivity index (χ1) is 20.3. The highest BCUT2D eigenvalue weighted by molar-refractivity contribution is 6.09. The largest absolute Gasteiger partial charge is 0.298 e. The lowest BCUT2D eigenvalue weighted by molar-refractivity contribution is 1.22. The molecule has 0 radical (unpaired) electrons. The molecular weight excluding hydrogens is 502 g/mol. The summed E-state index contributed by atoms with van der Waals surface area (Å²) in [7, 11) is 0. The van der Waals surface area contributed by atoms with E-state index in [2.05, 4.69) is 76.2 Å². The van der Waals surface area contributed by atoms with Crippen molar-refractivity contribution < 1.29 is 0 Å². The fourth-order valence-electron chi connectivity index (χ4n) is 5.51. The number of benzene rings is 3. The highest BCUT2D eigenvalue weighted by atomic mass is 15.0.